The lowest BCUT2D eigenvalue weighted by Crippen LogP contribution is -2.28. The van der Waals surface area contributed by atoms with Gasteiger partial charge in [0.25, 0.3) is 0 Å². The highest BCUT2D eigenvalue weighted by atomic mass is 32.2. The van der Waals surface area contributed by atoms with Gasteiger partial charge in [-0.3, -0.25) is 0 Å². The summed E-state index contributed by atoms with van der Waals surface area (Å²) >= 11 is 0. The van der Waals surface area contributed by atoms with Gasteiger partial charge in [-0.1, -0.05) is 12.1 Å². The molecule has 27 heavy (non-hydrogen) atoms. The number of ether oxygens (including phenoxy) is 1. The van der Waals surface area contributed by atoms with Crippen LogP contribution >= 0.6 is 0 Å². The molecule has 1 aliphatic heterocycles. The predicted molar refractivity (Wildman–Crippen MR) is 91.8 cm³/mol. The van der Waals surface area contributed by atoms with Crippen LogP contribution < -0.4 is 4.74 Å². The summed E-state index contributed by atoms with van der Waals surface area (Å²) in [6, 6.07) is 7.84. The fourth-order valence-corrected chi connectivity index (χ4v) is 4.45. The summed E-state index contributed by atoms with van der Waals surface area (Å²) < 4.78 is 58.7. The Balaban J connectivity index is 1.93. The third-order valence-corrected chi connectivity index (χ3v) is 6.12. The summed E-state index contributed by atoms with van der Waals surface area (Å²) in [6.07, 6.45) is -0.119. The van der Waals surface area contributed by atoms with E-state index in [0.717, 1.165) is 25.0 Å². The number of carbonyl (C=O) groups is 1. The van der Waals surface area contributed by atoms with Crippen molar-refractivity contribution in [1.82, 2.24) is 4.31 Å². The first-order valence-corrected chi connectivity index (χ1v) is 9.67. The van der Waals surface area contributed by atoms with Crippen molar-refractivity contribution in [3.05, 3.63) is 59.7 Å². The van der Waals surface area contributed by atoms with Crippen LogP contribution in [0.5, 0.6) is 5.75 Å². The van der Waals surface area contributed by atoms with Crippen molar-refractivity contribution in [1.29, 1.82) is 0 Å². The molecule has 1 N–H and O–H groups in total. The van der Waals surface area contributed by atoms with Crippen LogP contribution in [0.25, 0.3) is 0 Å². The Morgan fingerprint density at radius 1 is 1.11 bits per heavy atom. The highest BCUT2D eigenvalue weighted by Gasteiger charge is 2.29. The molecular formula is C18H17F2NO5S. The zero-order valence-corrected chi connectivity index (χ0v) is 15.0. The second-order valence-electron chi connectivity index (χ2n) is 6.09. The Bertz CT molecular complexity index is 958. The van der Waals surface area contributed by atoms with E-state index in [2.05, 4.69) is 0 Å². The van der Waals surface area contributed by atoms with E-state index in [1.54, 1.807) is 0 Å². The van der Waals surface area contributed by atoms with Crippen LogP contribution in [0.15, 0.2) is 47.4 Å². The lowest BCUT2D eigenvalue weighted by molar-refractivity contribution is -0.145. The summed E-state index contributed by atoms with van der Waals surface area (Å²) in [5, 5.41) is 9.46. The highest BCUT2D eigenvalue weighted by Crippen LogP contribution is 2.28. The minimum atomic E-state index is -3.75. The first-order chi connectivity index (χ1) is 12.8. The van der Waals surface area contributed by atoms with E-state index < -0.39 is 39.5 Å². The van der Waals surface area contributed by atoms with Gasteiger partial charge in [-0.25, -0.2) is 22.0 Å². The standard InChI is InChI=1S/C18H17F2NO5S/c19-13-6-7-16(15(20)11-13)26-17(18(22)23)12-4-3-5-14(10-12)27(24,25)21-8-1-2-9-21/h3-7,10-11,17H,1-2,8-9H2,(H,22,23). The number of benzene rings is 2. The first-order valence-electron chi connectivity index (χ1n) is 8.23. The molecule has 2 aromatic rings. The molecule has 0 radical (unpaired) electrons. The maximum atomic E-state index is 13.8. The number of carboxylic acids is 1. The molecule has 1 atom stereocenters. The maximum absolute atomic E-state index is 13.8. The number of carboxylic acid groups (broad SMARTS) is 1. The van der Waals surface area contributed by atoms with E-state index >= 15 is 0 Å². The molecule has 2 aromatic carbocycles. The third kappa shape index (κ3) is 4.09. The maximum Gasteiger partial charge on any atom is 0.349 e. The number of aliphatic carboxylic acids is 1. The van der Waals surface area contributed by atoms with E-state index in [-0.39, 0.29) is 10.5 Å². The first kappa shape index (κ1) is 19.2. The average molecular weight is 397 g/mol. The van der Waals surface area contributed by atoms with Crippen LogP contribution in [0, 0.1) is 11.6 Å². The molecular weight excluding hydrogens is 380 g/mol. The topological polar surface area (TPSA) is 83.9 Å². The van der Waals surface area contributed by atoms with Gasteiger partial charge in [0.05, 0.1) is 4.90 Å². The Morgan fingerprint density at radius 2 is 1.81 bits per heavy atom. The van der Waals surface area contributed by atoms with Crippen molar-refractivity contribution in [3.63, 3.8) is 0 Å². The fourth-order valence-electron chi connectivity index (χ4n) is 2.87. The Kier molecular flexibility index (Phi) is 5.43. The van der Waals surface area contributed by atoms with Crippen LogP contribution in [0.3, 0.4) is 0 Å². The van der Waals surface area contributed by atoms with Crippen LogP contribution in [-0.4, -0.2) is 36.9 Å². The molecule has 0 aliphatic carbocycles. The molecule has 1 heterocycles. The van der Waals surface area contributed by atoms with Gasteiger partial charge in [-0.2, -0.15) is 4.31 Å². The van der Waals surface area contributed by atoms with E-state index in [9.17, 15) is 27.1 Å². The largest absolute Gasteiger partial charge is 0.478 e. The third-order valence-electron chi connectivity index (χ3n) is 4.23. The Morgan fingerprint density at radius 3 is 2.44 bits per heavy atom. The lowest BCUT2D eigenvalue weighted by Gasteiger charge is -2.19. The van der Waals surface area contributed by atoms with E-state index in [4.69, 9.17) is 4.74 Å². The normalized spacial score (nSPS) is 16.2. The SMILES string of the molecule is O=C(O)C(Oc1ccc(F)cc1F)c1cccc(S(=O)(=O)N2CCCC2)c1. The molecule has 1 unspecified atom stereocenters. The second kappa shape index (κ2) is 7.61. The predicted octanol–water partition coefficient (Wildman–Crippen LogP) is 2.95. The van der Waals surface area contributed by atoms with E-state index in [1.807, 2.05) is 0 Å². The fraction of sp³-hybridized carbons (Fsp3) is 0.278. The van der Waals surface area contributed by atoms with Crippen molar-refractivity contribution in [2.75, 3.05) is 13.1 Å². The molecule has 6 nitrogen and oxygen atoms in total. The summed E-state index contributed by atoms with van der Waals surface area (Å²) in [7, 11) is -3.75. The quantitative estimate of drug-likeness (QED) is 0.810. The van der Waals surface area contributed by atoms with Gasteiger partial charge in [0.1, 0.15) is 5.82 Å². The molecule has 3 rings (SSSR count). The Hall–Kier alpha value is -2.52. The van der Waals surface area contributed by atoms with Gasteiger partial charge in [-0.05, 0) is 37.1 Å². The smallest absolute Gasteiger partial charge is 0.349 e. The minimum Gasteiger partial charge on any atom is -0.478 e. The number of sulfonamides is 1. The minimum absolute atomic E-state index is 0.0338. The number of nitrogens with zero attached hydrogens (tertiary/aromatic N) is 1. The van der Waals surface area contributed by atoms with Gasteiger partial charge in [-0.15, -0.1) is 0 Å². The van der Waals surface area contributed by atoms with Gasteiger partial charge >= 0.3 is 5.97 Å². The van der Waals surface area contributed by atoms with Crippen molar-refractivity contribution in [2.45, 2.75) is 23.8 Å². The number of hydrogen-bond donors (Lipinski definition) is 1. The van der Waals surface area contributed by atoms with Gasteiger partial charge in [0, 0.05) is 24.7 Å². The molecule has 1 saturated heterocycles. The number of halogens is 2. The van der Waals surface area contributed by atoms with Crippen molar-refractivity contribution in [2.24, 2.45) is 0 Å². The Labute approximate surface area is 155 Å². The zero-order chi connectivity index (χ0) is 19.6. The molecule has 0 amide bonds. The monoisotopic (exact) mass is 397 g/mol. The van der Waals surface area contributed by atoms with Crippen LogP contribution in [0.1, 0.15) is 24.5 Å². The van der Waals surface area contributed by atoms with Crippen molar-refractivity contribution in [3.8, 4) is 5.75 Å². The van der Waals surface area contributed by atoms with Gasteiger partial charge in [0.15, 0.2) is 11.6 Å². The van der Waals surface area contributed by atoms with Gasteiger partial charge in [0.2, 0.25) is 16.1 Å². The van der Waals surface area contributed by atoms with E-state index in [1.165, 1.54) is 28.6 Å². The zero-order valence-electron chi connectivity index (χ0n) is 14.1. The molecule has 144 valence electrons. The summed E-state index contributed by atoms with van der Waals surface area (Å²) in [4.78, 5) is 11.6. The molecule has 0 aromatic heterocycles. The molecule has 0 saturated carbocycles. The lowest BCUT2D eigenvalue weighted by atomic mass is 10.1. The second-order valence-corrected chi connectivity index (χ2v) is 8.03. The molecule has 0 spiro atoms. The summed E-state index contributed by atoms with van der Waals surface area (Å²) in [5.74, 6) is -3.77. The summed E-state index contributed by atoms with van der Waals surface area (Å²) in [5.41, 5.74) is 0.0338. The molecule has 0 bridgehead atoms. The molecule has 1 aliphatic rings. The summed E-state index contributed by atoms with van der Waals surface area (Å²) in [6.45, 7) is 0.818. The van der Waals surface area contributed by atoms with Crippen molar-refractivity contribution >= 4 is 16.0 Å². The van der Waals surface area contributed by atoms with Crippen LogP contribution in [0.2, 0.25) is 0 Å². The van der Waals surface area contributed by atoms with E-state index in [0.29, 0.717) is 19.2 Å². The number of rotatable bonds is 6. The van der Waals surface area contributed by atoms with Crippen LogP contribution in [0.4, 0.5) is 8.78 Å². The average Bonchev–Trinajstić information content (AvgIpc) is 3.16. The number of hydrogen-bond acceptors (Lipinski definition) is 4. The highest BCUT2D eigenvalue weighted by molar-refractivity contribution is 7.89. The van der Waals surface area contributed by atoms with Crippen molar-refractivity contribution < 1.29 is 31.8 Å². The molecule has 1 fully saturated rings. The van der Waals surface area contributed by atoms with Gasteiger partial charge < -0.3 is 9.84 Å². The van der Waals surface area contributed by atoms with Crippen LogP contribution in [-0.2, 0) is 14.8 Å². The molecule has 9 heteroatoms.